The van der Waals surface area contributed by atoms with E-state index < -0.39 is 61.8 Å². The molecule has 5 N–H and O–H groups in total. The first-order chi connectivity index (χ1) is 29.8. The lowest BCUT2D eigenvalue weighted by Gasteiger charge is -2.46. The van der Waals surface area contributed by atoms with Gasteiger partial charge in [-0.15, -0.1) is 0 Å². The number of carbonyl (C=O) groups is 3. The van der Waals surface area contributed by atoms with Gasteiger partial charge in [-0.1, -0.05) is 211 Å². The molecular formula is C49H87N3O9. The number of benzene rings is 1. The number of ether oxygens (including phenoxy) is 3. The fourth-order valence-corrected chi connectivity index (χ4v) is 8.02. The Bertz CT molecular complexity index is 1230. The van der Waals surface area contributed by atoms with Crippen molar-refractivity contribution in [2.45, 2.75) is 231 Å². The summed E-state index contributed by atoms with van der Waals surface area (Å²) in [6.45, 7) is 3.89. The van der Waals surface area contributed by atoms with Crippen molar-refractivity contribution in [3.05, 3.63) is 35.9 Å². The largest absolute Gasteiger partial charge is 0.449 e. The molecule has 0 bridgehead atoms. The van der Waals surface area contributed by atoms with Crippen LogP contribution in [0.15, 0.2) is 30.3 Å². The zero-order valence-electron chi connectivity index (χ0n) is 38.3. The minimum atomic E-state index is -1.58. The predicted molar refractivity (Wildman–Crippen MR) is 243 cm³/mol. The number of amides is 3. The monoisotopic (exact) mass is 862 g/mol. The zero-order valence-corrected chi connectivity index (χ0v) is 38.3. The normalized spacial score (nSPS) is 18.7. The third-order valence-electron chi connectivity index (χ3n) is 11.9. The highest BCUT2D eigenvalue weighted by Gasteiger charge is 2.48. The molecule has 0 radical (unpaired) electrons. The van der Waals surface area contributed by atoms with Crippen LogP contribution in [0.1, 0.15) is 199 Å². The number of hydrogen-bond acceptors (Lipinski definition) is 9. The van der Waals surface area contributed by atoms with Gasteiger partial charge in [0.05, 0.1) is 13.2 Å². The quantitative estimate of drug-likeness (QED) is 0.0409. The van der Waals surface area contributed by atoms with Crippen LogP contribution >= 0.6 is 0 Å². The van der Waals surface area contributed by atoms with Gasteiger partial charge in [-0.3, -0.25) is 9.69 Å². The van der Waals surface area contributed by atoms with Crippen molar-refractivity contribution in [2.75, 3.05) is 26.3 Å². The van der Waals surface area contributed by atoms with Gasteiger partial charge in [0.2, 0.25) is 5.91 Å². The van der Waals surface area contributed by atoms with Gasteiger partial charge in [0.1, 0.15) is 37.5 Å². The maximum absolute atomic E-state index is 13.8. The number of nitrogens with zero attached hydrogens (tertiary/aromatic N) is 1. The first kappa shape index (κ1) is 54.2. The van der Waals surface area contributed by atoms with Crippen LogP contribution in [-0.4, -0.2) is 95.2 Å². The molecule has 1 fully saturated rings. The van der Waals surface area contributed by atoms with E-state index in [4.69, 9.17) is 14.2 Å². The van der Waals surface area contributed by atoms with Gasteiger partial charge in [0, 0.05) is 6.54 Å². The Kier molecular flexibility index (Phi) is 32.5. The van der Waals surface area contributed by atoms with Gasteiger partial charge in [-0.25, -0.2) is 9.59 Å². The lowest BCUT2D eigenvalue weighted by atomic mass is 9.95. The van der Waals surface area contributed by atoms with E-state index in [9.17, 15) is 29.7 Å². The summed E-state index contributed by atoms with van der Waals surface area (Å²) in [5.41, 5.74) is 0.787. The van der Waals surface area contributed by atoms with E-state index in [2.05, 4.69) is 24.5 Å². The molecule has 0 spiro atoms. The summed E-state index contributed by atoms with van der Waals surface area (Å²) in [6, 6.07) is 7.86. The molecule has 3 amide bonds. The van der Waals surface area contributed by atoms with E-state index in [0.29, 0.717) is 12.8 Å². The molecule has 0 aliphatic carbocycles. The maximum Gasteiger partial charge on any atom is 0.411 e. The molecule has 1 saturated heterocycles. The fraction of sp³-hybridized carbons (Fsp3) is 0.816. The smallest absolute Gasteiger partial charge is 0.411 e. The van der Waals surface area contributed by atoms with Crippen LogP contribution in [0.2, 0.25) is 0 Å². The number of rotatable bonds is 37. The molecule has 352 valence electrons. The summed E-state index contributed by atoms with van der Waals surface area (Å²) in [6.07, 6.45) is 26.7. The van der Waals surface area contributed by atoms with Gasteiger partial charge in [0.15, 0.2) is 6.23 Å². The van der Waals surface area contributed by atoms with Gasteiger partial charge in [0.25, 0.3) is 0 Å². The number of aliphatic hydroxyl groups excluding tert-OH is 3. The molecule has 1 aromatic rings. The van der Waals surface area contributed by atoms with E-state index >= 15 is 0 Å². The molecular weight excluding hydrogens is 775 g/mol. The summed E-state index contributed by atoms with van der Waals surface area (Å²) < 4.78 is 17.0. The van der Waals surface area contributed by atoms with Crippen LogP contribution in [0.4, 0.5) is 9.59 Å². The molecule has 0 saturated carbocycles. The Balaban J connectivity index is 1.90. The van der Waals surface area contributed by atoms with E-state index in [1.165, 1.54) is 133 Å². The number of hydrogen-bond donors (Lipinski definition) is 5. The van der Waals surface area contributed by atoms with Gasteiger partial charge in [-0.2, -0.15) is 0 Å². The Morgan fingerprint density at radius 1 is 0.623 bits per heavy atom. The number of aliphatic hydroxyl groups is 3. The second-order valence-electron chi connectivity index (χ2n) is 17.2. The third kappa shape index (κ3) is 25.7. The van der Waals surface area contributed by atoms with Crippen LogP contribution in [-0.2, 0) is 25.6 Å². The highest BCUT2D eigenvalue weighted by molar-refractivity contribution is 5.82. The number of nitrogens with one attached hydrogen (secondary N) is 2. The lowest BCUT2D eigenvalue weighted by molar-refractivity contribution is -0.226. The lowest BCUT2D eigenvalue weighted by Crippen LogP contribution is -2.69. The molecule has 61 heavy (non-hydrogen) atoms. The second-order valence-corrected chi connectivity index (χ2v) is 17.2. The van der Waals surface area contributed by atoms with Crippen LogP contribution < -0.4 is 10.6 Å². The molecule has 1 heterocycles. The van der Waals surface area contributed by atoms with E-state index in [-0.39, 0.29) is 19.8 Å². The average molecular weight is 862 g/mol. The Hall–Kier alpha value is -2.93. The number of unbranched alkanes of at least 4 members (excludes halogenated alkanes) is 26. The standard InChI is InChI=1S/C49H87N3O9/c1-3-5-7-9-11-13-15-17-18-19-20-21-23-25-27-32-36-52(49(58)59-37-33-28-26-24-22-16-14-12-10-8-6-4-2)47-44(46(56)45(55)42(39-53)61-47)51-43(54)38-50-48(57)60-40-41-34-30-29-31-35-41/h29-31,34-35,42,44-47,53,55-56H,3-28,32-33,36-40H2,1-2H3,(H,50,57)(H,51,54)/t42-,44-,45-,46-,47-/m1/s1. The summed E-state index contributed by atoms with van der Waals surface area (Å²) in [5.74, 6) is -0.684. The van der Waals surface area contributed by atoms with Crippen molar-refractivity contribution in [1.82, 2.24) is 15.5 Å². The molecule has 1 aliphatic heterocycles. The van der Waals surface area contributed by atoms with Crippen molar-refractivity contribution >= 4 is 18.1 Å². The zero-order chi connectivity index (χ0) is 44.2. The summed E-state index contributed by atoms with van der Waals surface area (Å²) in [7, 11) is 0. The minimum Gasteiger partial charge on any atom is -0.449 e. The number of carbonyl (C=O) groups excluding carboxylic acids is 3. The van der Waals surface area contributed by atoms with Crippen molar-refractivity contribution < 1.29 is 43.9 Å². The first-order valence-corrected chi connectivity index (χ1v) is 24.6. The molecule has 12 nitrogen and oxygen atoms in total. The minimum absolute atomic E-state index is 0.0238. The predicted octanol–water partition coefficient (Wildman–Crippen LogP) is 10.2. The molecule has 12 heteroatoms. The highest BCUT2D eigenvalue weighted by atomic mass is 16.6. The van der Waals surface area contributed by atoms with E-state index in [1.807, 2.05) is 30.3 Å². The van der Waals surface area contributed by atoms with Crippen LogP contribution in [0.5, 0.6) is 0 Å². The van der Waals surface area contributed by atoms with E-state index in [0.717, 1.165) is 44.1 Å². The first-order valence-electron chi connectivity index (χ1n) is 24.6. The van der Waals surface area contributed by atoms with E-state index in [1.54, 1.807) is 0 Å². The molecule has 5 atom stereocenters. The molecule has 1 aromatic carbocycles. The Labute approximate surface area is 369 Å². The van der Waals surface area contributed by atoms with Crippen molar-refractivity contribution in [3.63, 3.8) is 0 Å². The Morgan fingerprint density at radius 3 is 1.56 bits per heavy atom. The van der Waals surface area contributed by atoms with Gasteiger partial charge >= 0.3 is 12.2 Å². The molecule has 1 aliphatic rings. The summed E-state index contributed by atoms with van der Waals surface area (Å²) >= 11 is 0. The van der Waals surface area contributed by atoms with Crippen molar-refractivity contribution in [3.8, 4) is 0 Å². The average Bonchev–Trinajstić information content (AvgIpc) is 3.27. The highest BCUT2D eigenvalue weighted by Crippen LogP contribution is 2.26. The van der Waals surface area contributed by atoms with Crippen LogP contribution in [0, 0.1) is 0 Å². The van der Waals surface area contributed by atoms with Gasteiger partial charge < -0.3 is 40.2 Å². The molecule has 2 rings (SSSR count). The third-order valence-corrected chi connectivity index (χ3v) is 11.9. The van der Waals surface area contributed by atoms with Crippen LogP contribution in [0.25, 0.3) is 0 Å². The number of alkyl carbamates (subject to hydrolysis) is 1. The molecule has 0 unspecified atom stereocenters. The van der Waals surface area contributed by atoms with Gasteiger partial charge in [-0.05, 0) is 18.4 Å². The topological polar surface area (TPSA) is 167 Å². The van der Waals surface area contributed by atoms with Crippen molar-refractivity contribution in [1.29, 1.82) is 0 Å². The molecule has 0 aromatic heterocycles. The summed E-state index contributed by atoms with van der Waals surface area (Å²) in [5, 5.41) is 37.2. The van der Waals surface area contributed by atoms with Crippen LogP contribution in [0.3, 0.4) is 0 Å². The fourth-order valence-electron chi connectivity index (χ4n) is 8.02. The SMILES string of the molecule is CCCCCCCCCCCCCCCCCCN(C(=O)OCCCCCCCCCCCCCC)[C@@H]1O[C@H](CO)[C@@H](O)[C@H](O)[C@H]1NC(=O)CNC(=O)OCc1ccccc1. The van der Waals surface area contributed by atoms with Crippen molar-refractivity contribution in [2.24, 2.45) is 0 Å². The summed E-state index contributed by atoms with van der Waals surface area (Å²) in [4.78, 5) is 40.6. The Morgan fingerprint density at radius 2 is 1.08 bits per heavy atom. The second kappa shape index (κ2) is 36.5. The maximum atomic E-state index is 13.8.